The number of carbonyl (C=O) groups excluding carboxylic acids is 1. The van der Waals surface area contributed by atoms with Gasteiger partial charge in [-0.3, -0.25) is 4.79 Å². The molecule has 1 saturated carbocycles. The molecule has 1 amide bonds. The molecule has 18 heavy (non-hydrogen) atoms. The van der Waals surface area contributed by atoms with Crippen LogP contribution in [0.15, 0.2) is 23.0 Å². The first-order valence-corrected chi connectivity index (χ1v) is 6.33. The first-order chi connectivity index (χ1) is 8.25. The van der Waals surface area contributed by atoms with Crippen LogP contribution in [0.2, 0.25) is 0 Å². The molecule has 0 spiro atoms. The molecular formula is C13H19ClN2O2. The van der Waals surface area contributed by atoms with Gasteiger partial charge in [-0.05, 0) is 30.7 Å². The highest BCUT2D eigenvalue weighted by molar-refractivity contribution is 5.94. The lowest BCUT2D eigenvalue weighted by atomic mass is 9.78. The van der Waals surface area contributed by atoms with Crippen LogP contribution in [-0.4, -0.2) is 29.9 Å². The standard InChI is InChI=1S/C13H18N2O2.ClH/c14-12-3-1-2-9-6-15(7-11(9)12)13(16)10-4-5-17-8-10;/h4-5,8-9,11-12H,1-3,6-7,14H2;1H. The molecule has 2 aliphatic rings. The van der Waals surface area contributed by atoms with Crippen molar-refractivity contribution in [1.29, 1.82) is 0 Å². The van der Waals surface area contributed by atoms with E-state index < -0.39 is 0 Å². The minimum absolute atomic E-state index is 0. The molecule has 2 N–H and O–H groups in total. The first kappa shape index (κ1) is 13.4. The lowest BCUT2D eigenvalue weighted by Gasteiger charge is -2.29. The van der Waals surface area contributed by atoms with Crippen molar-refractivity contribution in [3.8, 4) is 0 Å². The van der Waals surface area contributed by atoms with Crippen molar-refractivity contribution >= 4 is 18.3 Å². The summed E-state index contributed by atoms with van der Waals surface area (Å²) < 4.78 is 4.96. The Labute approximate surface area is 113 Å². The van der Waals surface area contributed by atoms with E-state index in [4.69, 9.17) is 10.2 Å². The Balaban J connectivity index is 0.00000120. The highest BCUT2D eigenvalue weighted by atomic mass is 35.5. The van der Waals surface area contributed by atoms with Gasteiger partial charge in [0.25, 0.3) is 5.91 Å². The van der Waals surface area contributed by atoms with Crippen molar-refractivity contribution in [2.45, 2.75) is 25.3 Å². The summed E-state index contributed by atoms with van der Waals surface area (Å²) in [6.45, 7) is 1.68. The maximum atomic E-state index is 12.2. The van der Waals surface area contributed by atoms with Crippen molar-refractivity contribution < 1.29 is 9.21 Å². The third-order valence-electron chi connectivity index (χ3n) is 4.21. The lowest BCUT2D eigenvalue weighted by molar-refractivity contribution is 0.0783. The van der Waals surface area contributed by atoms with Crippen molar-refractivity contribution in [3.05, 3.63) is 24.2 Å². The van der Waals surface area contributed by atoms with Gasteiger partial charge in [-0.1, -0.05) is 6.42 Å². The fourth-order valence-electron chi connectivity index (χ4n) is 3.25. The molecule has 3 rings (SSSR count). The molecule has 4 nitrogen and oxygen atoms in total. The average molecular weight is 271 g/mol. The number of likely N-dealkylation sites (tertiary alicyclic amines) is 1. The van der Waals surface area contributed by atoms with Crippen molar-refractivity contribution in [1.82, 2.24) is 4.90 Å². The molecule has 0 radical (unpaired) electrons. The van der Waals surface area contributed by atoms with Gasteiger partial charge in [0.05, 0.1) is 11.8 Å². The van der Waals surface area contributed by atoms with Gasteiger partial charge in [0.2, 0.25) is 0 Å². The molecule has 100 valence electrons. The Morgan fingerprint density at radius 2 is 2.22 bits per heavy atom. The highest BCUT2D eigenvalue weighted by Gasteiger charge is 2.40. The summed E-state index contributed by atoms with van der Waals surface area (Å²) in [5.74, 6) is 1.19. The Hall–Kier alpha value is -1.00. The van der Waals surface area contributed by atoms with Crippen LogP contribution in [0.1, 0.15) is 29.6 Å². The molecule has 2 heterocycles. The average Bonchev–Trinajstić information content (AvgIpc) is 2.98. The molecule has 1 saturated heterocycles. The number of rotatable bonds is 1. The zero-order chi connectivity index (χ0) is 11.8. The van der Waals surface area contributed by atoms with Crippen LogP contribution < -0.4 is 5.73 Å². The smallest absolute Gasteiger partial charge is 0.257 e. The summed E-state index contributed by atoms with van der Waals surface area (Å²) in [4.78, 5) is 14.1. The van der Waals surface area contributed by atoms with Crippen LogP contribution in [0, 0.1) is 11.8 Å². The summed E-state index contributed by atoms with van der Waals surface area (Å²) in [6, 6.07) is 2.00. The van der Waals surface area contributed by atoms with Crippen LogP contribution in [0.25, 0.3) is 0 Å². The number of nitrogens with two attached hydrogens (primary N) is 1. The summed E-state index contributed by atoms with van der Waals surface area (Å²) in [6.07, 6.45) is 6.59. The lowest BCUT2D eigenvalue weighted by Crippen LogP contribution is -2.38. The number of halogens is 1. The van der Waals surface area contributed by atoms with E-state index in [1.54, 1.807) is 12.3 Å². The number of amides is 1. The van der Waals surface area contributed by atoms with E-state index in [0.717, 1.165) is 19.5 Å². The number of nitrogens with zero attached hydrogens (tertiary/aromatic N) is 1. The normalized spacial score (nSPS) is 30.7. The van der Waals surface area contributed by atoms with Gasteiger partial charge in [-0.2, -0.15) is 0 Å². The highest BCUT2D eigenvalue weighted by Crippen LogP contribution is 2.35. The molecule has 1 aliphatic heterocycles. The van der Waals surface area contributed by atoms with E-state index in [-0.39, 0.29) is 24.4 Å². The van der Waals surface area contributed by atoms with Gasteiger partial charge in [-0.15, -0.1) is 12.4 Å². The van der Waals surface area contributed by atoms with Crippen LogP contribution in [0.5, 0.6) is 0 Å². The van der Waals surface area contributed by atoms with Crippen LogP contribution in [0.4, 0.5) is 0 Å². The van der Waals surface area contributed by atoms with E-state index in [1.807, 2.05) is 4.90 Å². The van der Waals surface area contributed by atoms with Gasteiger partial charge < -0.3 is 15.1 Å². The molecular weight excluding hydrogens is 252 g/mol. The fraction of sp³-hybridized carbons (Fsp3) is 0.615. The molecule has 0 aromatic carbocycles. The van der Waals surface area contributed by atoms with Gasteiger partial charge in [-0.25, -0.2) is 0 Å². The Morgan fingerprint density at radius 3 is 2.89 bits per heavy atom. The maximum absolute atomic E-state index is 12.2. The minimum Gasteiger partial charge on any atom is -0.472 e. The molecule has 3 atom stereocenters. The minimum atomic E-state index is 0. The molecule has 2 fully saturated rings. The molecule has 3 unspecified atom stereocenters. The predicted octanol–water partition coefficient (Wildman–Crippen LogP) is 1.90. The summed E-state index contributed by atoms with van der Waals surface area (Å²) in [5.41, 5.74) is 6.79. The Bertz CT molecular complexity index is 407. The summed E-state index contributed by atoms with van der Waals surface area (Å²) in [7, 11) is 0. The summed E-state index contributed by atoms with van der Waals surface area (Å²) in [5, 5.41) is 0. The van der Waals surface area contributed by atoms with Crippen molar-refractivity contribution in [2.75, 3.05) is 13.1 Å². The number of fused-ring (bicyclic) bond motifs is 1. The van der Waals surface area contributed by atoms with Crippen LogP contribution in [0.3, 0.4) is 0 Å². The largest absolute Gasteiger partial charge is 0.472 e. The number of hydrogen-bond donors (Lipinski definition) is 1. The second-order valence-corrected chi connectivity index (χ2v) is 5.24. The van der Waals surface area contributed by atoms with E-state index in [1.165, 1.54) is 19.1 Å². The van der Waals surface area contributed by atoms with Crippen LogP contribution >= 0.6 is 12.4 Å². The molecule has 1 aromatic heterocycles. The topological polar surface area (TPSA) is 59.5 Å². The zero-order valence-corrected chi connectivity index (χ0v) is 11.1. The molecule has 0 bridgehead atoms. The van der Waals surface area contributed by atoms with Crippen LogP contribution in [-0.2, 0) is 0 Å². The third kappa shape index (κ3) is 2.27. The quantitative estimate of drug-likeness (QED) is 0.848. The van der Waals surface area contributed by atoms with E-state index in [0.29, 0.717) is 17.4 Å². The van der Waals surface area contributed by atoms with Crippen molar-refractivity contribution in [3.63, 3.8) is 0 Å². The molecule has 1 aliphatic carbocycles. The second kappa shape index (κ2) is 5.33. The zero-order valence-electron chi connectivity index (χ0n) is 10.2. The van der Waals surface area contributed by atoms with Crippen molar-refractivity contribution in [2.24, 2.45) is 17.6 Å². The number of carbonyl (C=O) groups is 1. The second-order valence-electron chi connectivity index (χ2n) is 5.24. The van der Waals surface area contributed by atoms with Gasteiger partial charge in [0.1, 0.15) is 6.26 Å². The monoisotopic (exact) mass is 270 g/mol. The Kier molecular flexibility index (Phi) is 3.97. The van der Waals surface area contributed by atoms with Gasteiger partial charge in [0, 0.05) is 19.1 Å². The Morgan fingerprint density at radius 1 is 1.39 bits per heavy atom. The SMILES string of the molecule is Cl.NC1CCCC2CN(C(=O)c3ccoc3)CC12. The summed E-state index contributed by atoms with van der Waals surface area (Å²) >= 11 is 0. The maximum Gasteiger partial charge on any atom is 0.257 e. The van der Waals surface area contributed by atoms with E-state index in [9.17, 15) is 4.79 Å². The number of hydrogen-bond acceptors (Lipinski definition) is 3. The number of furan rings is 1. The molecule has 5 heteroatoms. The van der Waals surface area contributed by atoms with E-state index in [2.05, 4.69) is 0 Å². The predicted molar refractivity (Wildman–Crippen MR) is 70.7 cm³/mol. The first-order valence-electron chi connectivity index (χ1n) is 6.33. The third-order valence-corrected chi connectivity index (χ3v) is 4.21. The van der Waals surface area contributed by atoms with Gasteiger partial charge >= 0.3 is 0 Å². The van der Waals surface area contributed by atoms with Gasteiger partial charge in [0.15, 0.2) is 0 Å². The fourth-order valence-corrected chi connectivity index (χ4v) is 3.25. The van der Waals surface area contributed by atoms with E-state index >= 15 is 0 Å². The molecule has 1 aromatic rings.